The smallest absolute Gasteiger partial charge is 0.394 e. The van der Waals surface area contributed by atoms with Crippen LogP contribution in [0.4, 0.5) is 5.00 Å². The van der Waals surface area contributed by atoms with Gasteiger partial charge in [0.2, 0.25) is 0 Å². The van der Waals surface area contributed by atoms with Crippen molar-refractivity contribution in [3.8, 4) is 0 Å². The number of carboxylic acids is 2. The number of carboxylic acid groups (broad SMARTS) is 2. The zero-order valence-electron chi connectivity index (χ0n) is 8.58. The second kappa shape index (κ2) is 4.37. The maximum atomic E-state index is 11.1. The van der Waals surface area contributed by atoms with E-state index in [1.54, 1.807) is 0 Å². The predicted molar refractivity (Wildman–Crippen MR) is 60.6 cm³/mol. The van der Waals surface area contributed by atoms with Crippen molar-refractivity contribution < 1.29 is 24.6 Å². The summed E-state index contributed by atoms with van der Waals surface area (Å²) >= 11 is 0.871. The van der Waals surface area contributed by atoms with Gasteiger partial charge in [-0.3, -0.25) is 4.79 Å². The van der Waals surface area contributed by atoms with E-state index in [0.717, 1.165) is 11.3 Å². The Morgan fingerprint density at radius 3 is 2.61 bits per heavy atom. The normalized spacial score (nSPS) is 10.2. The lowest BCUT2D eigenvalue weighted by Gasteiger charge is -1.99. The van der Waals surface area contributed by atoms with Crippen LogP contribution in [0.5, 0.6) is 0 Å². The van der Waals surface area contributed by atoms with Crippen molar-refractivity contribution in [2.24, 2.45) is 0 Å². The molecule has 2 heterocycles. The molecule has 0 aliphatic rings. The third-order valence-corrected chi connectivity index (χ3v) is 3.03. The number of nitrogens with one attached hydrogen (secondary N) is 1. The average Bonchev–Trinajstić information content (AvgIpc) is 2.66. The Balaban J connectivity index is 2.56. The first kappa shape index (κ1) is 11.9. The highest BCUT2D eigenvalue weighted by molar-refractivity contribution is 7.23. The largest absolute Gasteiger partial charge is 0.478 e. The van der Waals surface area contributed by atoms with E-state index in [0.29, 0.717) is 4.83 Å². The molecule has 2 aromatic heterocycles. The van der Waals surface area contributed by atoms with Crippen LogP contribution in [0, 0.1) is 0 Å². The number of aromatic nitrogens is 2. The topological polar surface area (TPSA) is 129 Å². The van der Waals surface area contributed by atoms with Crippen molar-refractivity contribution in [3.05, 3.63) is 18.1 Å². The van der Waals surface area contributed by atoms with Gasteiger partial charge in [-0.2, -0.15) is 0 Å². The van der Waals surface area contributed by atoms with Gasteiger partial charge < -0.3 is 15.5 Å². The molecule has 0 aliphatic carbocycles. The first-order chi connectivity index (χ1) is 8.50. The van der Waals surface area contributed by atoms with Crippen molar-refractivity contribution in [3.63, 3.8) is 0 Å². The van der Waals surface area contributed by atoms with Crippen LogP contribution in [0.1, 0.15) is 10.4 Å². The van der Waals surface area contributed by atoms with Gasteiger partial charge in [-0.05, 0) is 0 Å². The Labute approximate surface area is 103 Å². The number of carbonyl (C=O) groups excluding carboxylic acids is 1. The second-order valence-electron chi connectivity index (χ2n) is 3.11. The molecule has 18 heavy (non-hydrogen) atoms. The molecule has 0 unspecified atom stereocenters. The van der Waals surface area contributed by atoms with E-state index < -0.39 is 17.8 Å². The lowest BCUT2D eigenvalue weighted by molar-refractivity contribution is -0.147. The van der Waals surface area contributed by atoms with Crippen molar-refractivity contribution >= 4 is 44.4 Å². The summed E-state index contributed by atoms with van der Waals surface area (Å²) in [5.74, 6) is -4.30. The molecule has 0 spiro atoms. The van der Waals surface area contributed by atoms with Gasteiger partial charge in [0.05, 0.1) is 0 Å². The molecule has 0 aromatic carbocycles. The molecule has 92 valence electrons. The molecule has 0 atom stereocenters. The van der Waals surface area contributed by atoms with Crippen molar-refractivity contribution in [2.45, 2.75) is 0 Å². The monoisotopic (exact) mass is 267 g/mol. The maximum absolute atomic E-state index is 11.1. The van der Waals surface area contributed by atoms with E-state index in [-0.39, 0.29) is 16.0 Å². The molecular weight excluding hydrogens is 262 g/mol. The van der Waals surface area contributed by atoms with Crippen molar-refractivity contribution in [1.82, 2.24) is 9.97 Å². The van der Waals surface area contributed by atoms with Gasteiger partial charge in [0.25, 0.3) is 0 Å². The van der Waals surface area contributed by atoms with Gasteiger partial charge in [0.15, 0.2) is 0 Å². The number of anilines is 1. The SMILES string of the molecule is O=C(O)C(=O)Nc1sc2ncncc2c1C(=O)O. The molecule has 0 bridgehead atoms. The number of nitrogens with zero attached hydrogens (tertiary/aromatic N) is 2. The van der Waals surface area contributed by atoms with Gasteiger partial charge in [-0.25, -0.2) is 19.6 Å². The van der Waals surface area contributed by atoms with Gasteiger partial charge in [-0.15, -0.1) is 0 Å². The summed E-state index contributed by atoms with van der Waals surface area (Å²) in [7, 11) is 0. The molecule has 2 aromatic rings. The number of aromatic carboxylic acids is 1. The standard InChI is InChI=1S/C9H5N3O5S/c13-5(9(16)17)12-7-4(8(14)15)3-1-10-2-11-6(3)18-7/h1-2H,(H,12,13)(H,14,15)(H,16,17). The zero-order chi connectivity index (χ0) is 13.3. The van der Waals surface area contributed by atoms with Crippen molar-refractivity contribution in [2.75, 3.05) is 5.32 Å². The average molecular weight is 267 g/mol. The molecule has 0 saturated carbocycles. The highest BCUT2D eigenvalue weighted by Crippen LogP contribution is 2.33. The molecular formula is C9H5N3O5S. The first-order valence-corrected chi connectivity index (χ1v) is 5.32. The minimum absolute atomic E-state index is 0.0783. The summed E-state index contributed by atoms with van der Waals surface area (Å²) in [5, 5.41) is 19.7. The van der Waals surface area contributed by atoms with Gasteiger partial charge in [-0.1, -0.05) is 11.3 Å². The molecule has 3 N–H and O–H groups in total. The van der Waals surface area contributed by atoms with E-state index >= 15 is 0 Å². The number of amides is 1. The van der Waals surface area contributed by atoms with Crippen LogP contribution in [-0.4, -0.2) is 38.0 Å². The fourth-order valence-corrected chi connectivity index (χ4v) is 2.30. The number of hydrogen-bond donors (Lipinski definition) is 3. The van der Waals surface area contributed by atoms with Gasteiger partial charge >= 0.3 is 17.8 Å². The number of aliphatic carboxylic acids is 1. The summed E-state index contributed by atoms with van der Waals surface area (Å²) in [4.78, 5) is 40.4. The Bertz CT molecular complexity index is 665. The minimum Gasteiger partial charge on any atom is -0.478 e. The summed E-state index contributed by atoms with van der Waals surface area (Å²) in [6.45, 7) is 0. The number of thiophene rings is 1. The molecule has 0 fully saturated rings. The van der Waals surface area contributed by atoms with Crippen LogP contribution in [0.3, 0.4) is 0 Å². The molecule has 1 amide bonds. The minimum atomic E-state index is -1.70. The molecule has 0 aliphatic heterocycles. The highest BCUT2D eigenvalue weighted by Gasteiger charge is 2.22. The molecule has 8 nitrogen and oxygen atoms in total. The summed E-state index contributed by atoms with van der Waals surface area (Å²) in [6.07, 6.45) is 2.52. The van der Waals surface area contributed by atoms with Crippen LogP contribution < -0.4 is 5.32 Å². The van der Waals surface area contributed by atoms with Gasteiger partial charge in [0, 0.05) is 11.6 Å². The fourth-order valence-electron chi connectivity index (χ4n) is 1.30. The predicted octanol–water partition coefficient (Wildman–Crippen LogP) is 0.413. The Morgan fingerprint density at radius 2 is 2.00 bits per heavy atom. The van der Waals surface area contributed by atoms with Crippen LogP contribution >= 0.6 is 11.3 Å². The number of fused-ring (bicyclic) bond motifs is 1. The number of rotatable bonds is 2. The summed E-state index contributed by atoms with van der Waals surface area (Å²) in [6, 6.07) is 0. The Kier molecular flexibility index (Phi) is 2.90. The molecule has 2 rings (SSSR count). The van der Waals surface area contributed by atoms with E-state index in [2.05, 4.69) is 9.97 Å². The number of carbonyl (C=O) groups is 3. The van der Waals surface area contributed by atoms with Crippen LogP contribution in [-0.2, 0) is 9.59 Å². The Morgan fingerprint density at radius 1 is 1.28 bits per heavy atom. The quantitative estimate of drug-likeness (QED) is 0.672. The molecule has 0 radical (unpaired) electrons. The third-order valence-electron chi connectivity index (χ3n) is 2.01. The lowest BCUT2D eigenvalue weighted by atomic mass is 10.2. The van der Waals surface area contributed by atoms with Crippen LogP contribution in [0.2, 0.25) is 0 Å². The lowest BCUT2D eigenvalue weighted by Crippen LogP contribution is -2.22. The highest BCUT2D eigenvalue weighted by atomic mass is 32.1. The van der Waals surface area contributed by atoms with E-state index in [9.17, 15) is 14.4 Å². The van der Waals surface area contributed by atoms with Crippen molar-refractivity contribution in [1.29, 1.82) is 0 Å². The first-order valence-electron chi connectivity index (χ1n) is 4.50. The zero-order valence-corrected chi connectivity index (χ0v) is 9.39. The molecule has 0 saturated heterocycles. The summed E-state index contributed by atoms with van der Waals surface area (Å²) in [5.41, 5.74) is -0.217. The Hall–Kier alpha value is -2.55. The van der Waals surface area contributed by atoms with Gasteiger partial charge in [0.1, 0.15) is 21.7 Å². The second-order valence-corrected chi connectivity index (χ2v) is 4.11. The maximum Gasteiger partial charge on any atom is 0.394 e. The molecule has 9 heteroatoms. The van der Waals surface area contributed by atoms with E-state index in [1.807, 2.05) is 5.32 Å². The number of hydrogen-bond acceptors (Lipinski definition) is 6. The summed E-state index contributed by atoms with van der Waals surface area (Å²) < 4.78 is 0. The van der Waals surface area contributed by atoms with E-state index in [1.165, 1.54) is 12.5 Å². The van der Waals surface area contributed by atoms with Crippen LogP contribution in [0.15, 0.2) is 12.5 Å². The third kappa shape index (κ3) is 1.98. The fraction of sp³-hybridized carbons (Fsp3) is 0. The van der Waals surface area contributed by atoms with E-state index in [4.69, 9.17) is 10.2 Å². The van der Waals surface area contributed by atoms with Crippen LogP contribution in [0.25, 0.3) is 10.2 Å².